The van der Waals surface area contributed by atoms with Gasteiger partial charge in [0.2, 0.25) is 0 Å². The minimum absolute atomic E-state index is 0.516. The summed E-state index contributed by atoms with van der Waals surface area (Å²) < 4.78 is 12.1. The van der Waals surface area contributed by atoms with Crippen LogP contribution in [0.25, 0.3) is 11.1 Å². The molecule has 2 aliphatic rings. The largest absolute Gasteiger partial charge is 0.473 e. The third-order valence-electron chi connectivity index (χ3n) is 6.37. The van der Waals surface area contributed by atoms with Gasteiger partial charge in [-0.05, 0) is 59.7 Å². The molecule has 0 unspecified atom stereocenters. The Bertz CT molecular complexity index is 1270. The number of hydrogen-bond donors (Lipinski definition) is 2. The fourth-order valence-electron chi connectivity index (χ4n) is 4.62. The van der Waals surface area contributed by atoms with E-state index in [0.717, 1.165) is 56.9 Å². The maximum absolute atomic E-state index is 6.06. The Hall–Kier alpha value is -3.22. The van der Waals surface area contributed by atoms with E-state index >= 15 is 0 Å². The highest BCUT2D eigenvalue weighted by atomic mass is 32.1. The second-order valence-electron chi connectivity index (χ2n) is 8.57. The van der Waals surface area contributed by atoms with Crippen LogP contribution in [0.2, 0.25) is 0 Å². The third-order valence-corrected chi connectivity index (χ3v) is 7.13. The number of rotatable bonds is 3. The van der Waals surface area contributed by atoms with Gasteiger partial charge in [-0.15, -0.1) is 25.3 Å². The molecule has 6 rings (SSSR count). The maximum Gasteiger partial charge on any atom is 0.161 e. The van der Waals surface area contributed by atoms with Crippen molar-refractivity contribution in [1.29, 1.82) is 0 Å². The minimum atomic E-state index is 0.516. The Labute approximate surface area is 210 Å². The van der Waals surface area contributed by atoms with Gasteiger partial charge in [0.05, 0.1) is 11.4 Å². The highest BCUT2D eigenvalue weighted by molar-refractivity contribution is 7.80. The highest BCUT2D eigenvalue weighted by Crippen LogP contribution is 2.37. The zero-order valence-electron chi connectivity index (χ0n) is 18.5. The first-order chi connectivity index (χ1) is 16.7. The first kappa shape index (κ1) is 21.3. The second kappa shape index (κ2) is 8.85. The van der Waals surface area contributed by atoms with Crippen molar-refractivity contribution < 1.29 is 9.47 Å². The lowest BCUT2D eigenvalue weighted by Crippen LogP contribution is -2.32. The van der Waals surface area contributed by atoms with Crippen molar-refractivity contribution in [3.05, 3.63) is 96.1 Å². The summed E-state index contributed by atoms with van der Waals surface area (Å²) in [5.74, 6) is 1.88. The molecule has 4 nitrogen and oxygen atoms in total. The van der Waals surface area contributed by atoms with Gasteiger partial charge in [-0.1, -0.05) is 36.4 Å². The van der Waals surface area contributed by atoms with Crippen LogP contribution in [0.15, 0.2) is 94.7 Å². The molecular weight excluding hydrogens is 460 g/mol. The summed E-state index contributed by atoms with van der Waals surface area (Å²) >= 11 is 9.25. The van der Waals surface area contributed by atoms with E-state index < -0.39 is 0 Å². The topological polar surface area (TPSA) is 24.9 Å². The summed E-state index contributed by atoms with van der Waals surface area (Å²) in [6, 6.07) is 29.1. The zero-order valence-corrected chi connectivity index (χ0v) is 20.3. The van der Waals surface area contributed by atoms with E-state index in [-0.39, 0.29) is 0 Å². The average Bonchev–Trinajstić information content (AvgIpc) is 2.88. The molecule has 0 fully saturated rings. The van der Waals surface area contributed by atoms with E-state index in [1.165, 1.54) is 11.1 Å². The molecule has 0 N–H and O–H groups in total. The molecule has 0 amide bonds. The minimum Gasteiger partial charge on any atom is -0.473 e. The SMILES string of the molecule is Sc1ccccc1N1COc2ccc(-c3ccc4c(c3)CN(c3ccccc3S)CO4)cc2C1. The molecule has 0 saturated heterocycles. The van der Waals surface area contributed by atoms with Gasteiger partial charge in [-0.2, -0.15) is 0 Å². The molecule has 2 aliphatic heterocycles. The number of nitrogens with zero attached hydrogens (tertiary/aromatic N) is 2. The van der Waals surface area contributed by atoms with Crippen molar-refractivity contribution in [1.82, 2.24) is 0 Å². The predicted molar refractivity (Wildman–Crippen MR) is 143 cm³/mol. The molecule has 2 heterocycles. The smallest absolute Gasteiger partial charge is 0.161 e. The van der Waals surface area contributed by atoms with Gasteiger partial charge < -0.3 is 19.3 Å². The van der Waals surface area contributed by atoms with Crippen LogP contribution in [-0.4, -0.2) is 13.5 Å². The molecule has 0 radical (unpaired) electrons. The fourth-order valence-corrected chi connectivity index (χ4v) is 5.22. The van der Waals surface area contributed by atoms with E-state index in [2.05, 4.69) is 83.6 Å². The Morgan fingerprint density at radius 2 is 1.00 bits per heavy atom. The van der Waals surface area contributed by atoms with Gasteiger partial charge in [-0.25, -0.2) is 0 Å². The fraction of sp³-hybridized carbons (Fsp3) is 0.143. The van der Waals surface area contributed by atoms with Crippen LogP contribution in [0.5, 0.6) is 11.5 Å². The molecule has 0 atom stereocenters. The standard InChI is InChI=1S/C28H24N2O2S2/c33-27-7-3-1-5-23(27)29-15-21-13-19(9-11-25(21)31-17-29)20-10-12-26-22(14-20)16-30(18-32-26)24-6-2-4-8-28(24)34/h1-14,33-34H,15-18H2. The van der Waals surface area contributed by atoms with Crippen LogP contribution in [-0.2, 0) is 13.1 Å². The molecule has 0 aliphatic carbocycles. The number of para-hydroxylation sites is 2. The van der Waals surface area contributed by atoms with Gasteiger partial charge in [0, 0.05) is 34.0 Å². The number of anilines is 2. The number of hydrogen-bond acceptors (Lipinski definition) is 6. The van der Waals surface area contributed by atoms with Crippen molar-refractivity contribution in [2.45, 2.75) is 22.9 Å². The summed E-state index contributed by atoms with van der Waals surface area (Å²) in [7, 11) is 0. The van der Waals surface area contributed by atoms with Crippen LogP contribution < -0.4 is 19.3 Å². The lowest BCUT2D eigenvalue weighted by Gasteiger charge is -2.32. The average molecular weight is 485 g/mol. The molecule has 4 aromatic rings. The van der Waals surface area contributed by atoms with Crippen LogP contribution >= 0.6 is 25.3 Å². The van der Waals surface area contributed by atoms with Crippen molar-refractivity contribution in [3.8, 4) is 22.6 Å². The van der Waals surface area contributed by atoms with Crippen molar-refractivity contribution in [2.24, 2.45) is 0 Å². The zero-order chi connectivity index (χ0) is 23.1. The second-order valence-corrected chi connectivity index (χ2v) is 9.53. The number of ether oxygens (including phenoxy) is 2. The van der Waals surface area contributed by atoms with E-state index in [0.29, 0.717) is 13.5 Å². The molecule has 0 aromatic heterocycles. The summed E-state index contributed by atoms with van der Waals surface area (Å²) in [4.78, 5) is 6.32. The summed E-state index contributed by atoms with van der Waals surface area (Å²) in [5.41, 5.74) is 6.82. The Kier molecular flexibility index (Phi) is 5.55. The molecule has 170 valence electrons. The Morgan fingerprint density at radius 3 is 1.44 bits per heavy atom. The molecule has 6 heteroatoms. The molecule has 0 saturated carbocycles. The Balaban J connectivity index is 1.28. The first-order valence-corrected chi connectivity index (χ1v) is 12.1. The van der Waals surface area contributed by atoms with Gasteiger partial charge in [-0.3, -0.25) is 0 Å². The van der Waals surface area contributed by atoms with Gasteiger partial charge >= 0.3 is 0 Å². The molecule has 0 bridgehead atoms. The van der Waals surface area contributed by atoms with Crippen LogP contribution in [0, 0.1) is 0 Å². The van der Waals surface area contributed by atoms with Crippen LogP contribution in [0.4, 0.5) is 11.4 Å². The lowest BCUT2D eigenvalue weighted by molar-refractivity contribution is 0.288. The third kappa shape index (κ3) is 3.97. The van der Waals surface area contributed by atoms with Crippen molar-refractivity contribution >= 4 is 36.6 Å². The highest BCUT2D eigenvalue weighted by Gasteiger charge is 2.22. The number of benzene rings is 4. The molecule has 34 heavy (non-hydrogen) atoms. The normalized spacial score (nSPS) is 14.6. The molecule has 4 aromatic carbocycles. The summed E-state index contributed by atoms with van der Waals surface area (Å²) in [6.07, 6.45) is 0. The maximum atomic E-state index is 6.06. The molecule has 0 spiro atoms. The summed E-state index contributed by atoms with van der Waals surface area (Å²) in [5, 5.41) is 0. The quantitative estimate of drug-likeness (QED) is 0.318. The van der Waals surface area contributed by atoms with Crippen LogP contribution in [0.3, 0.4) is 0 Å². The van der Waals surface area contributed by atoms with Gasteiger partial charge in [0.25, 0.3) is 0 Å². The summed E-state index contributed by atoms with van der Waals surface area (Å²) in [6.45, 7) is 2.59. The molecular formula is C28H24N2O2S2. The Morgan fingerprint density at radius 1 is 0.559 bits per heavy atom. The van der Waals surface area contributed by atoms with E-state index in [1.807, 2.05) is 36.4 Å². The van der Waals surface area contributed by atoms with Crippen LogP contribution in [0.1, 0.15) is 11.1 Å². The monoisotopic (exact) mass is 484 g/mol. The van der Waals surface area contributed by atoms with E-state index in [9.17, 15) is 0 Å². The number of thiol groups is 2. The first-order valence-electron chi connectivity index (χ1n) is 11.2. The van der Waals surface area contributed by atoms with E-state index in [4.69, 9.17) is 9.47 Å². The predicted octanol–water partition coefficient (Wildman–Crippen LogP) is 6.64. The van der Waals surface area contributed by atoms with Gasteiger partial charge in [0.15, 0.2) is 13.5 Å². The van der Waals surface area contributed by atoms with Crippen molar-refractivity contribution in [3.63, 3.8) is 0 Å². The van der Waals surface area contributed by atoms with Crippen molar-refractivity contribution in [2.75, 3.05) is 23.3 Å². The number of fused-ring (bicyclic) bond motifs is 2. The van der Waals surface area contributed by atoms with Gasteiger partial charge in [0.1, 0.15) is 11.5 Å². The van der Waals surface area contributed by atoms with E-state index in [1.54, 1.807) is 0 Å². The lowest BCUT2D eigenvalue weighted by atomic mass is 9.98.